The topological polar surface area (TPSA) is 57.7 Å². The number of sulfone groups is 1. The average molecular weight is 274 g/mol. The highest BCUT2D eigenvalue weighted by molar-refractivity contribution is 7.91. The molecule has 18 heavy (non-hydrogen) atoms. The molecular formula is C12H22N2O3S. The van der Waals surface area contributed by atoms with Crippen molar-refractivity contribution in [2.24, 2.45) is 0 Å². The molecule has 5 nitrogen and oxygen atoms in total. The van der Waals surface area contributed by atoms with Crippen LogP contribution in [0.15, 0.2) is 0 Å². The van der Waals surface area contributed by atoms with Gasteiger partial charge in [0, 0.05) is 26.4 Å². The van der Waals surface area contributed by atoms with E-state index in [4.69, 9.17) is 0 Å². The molecule has 2 heterocycles. The zero-order valence-corrected chi connectivity index (χ0v) is 11.9. The molecule has 0 spiro atoms. The summed E-state index contributed by atoms with van der Waals surface area (Å²) in [4.78, 5) is 15.8. The lowest BCUT2D eigenvalue weighted by Crippen LogP contribution is -2.45. The molecule has 0 aromatic heterocycles. The first-order valence-corrected chi connectivity index (χ1v) is 8.53. The third-order valence-electron chi connectivity index (χ3n) is 4.11. The minimum atomic E-state index is -3.01. The van der Waals surface area contributed by atoms with Crippen molar-refractivity contribution >= 4 is 15.7 Å². The standard InChI is InChI=1S/C12H22N2O3S/c1-13-8-6-11(12(13)15)14-7-4-3-5-10(9-14)18(2,16)17/h10-11H,3-9H2,1-2H3. The summed E-state index contributed by atoms with van der Waals surface area (Å²) in [5, 5.41) is -0.307. The quantitative estimate of drug-likeness (QED) is 0.717. The SMILES string of the molecule is CN1CCC(N2CCCCC(S(C)(=O)=O)C2)C1=O. The minimum Gasteiger partial charge on any atom is -0.344 e. The van der Waals surface area contributed by atoms with Crippen molar-refractivity contribution in [3.63, 3.8) is 0 Å². The summed E-state index contributed by atoms with van der Waals surface area (Å²) in [5.74, 6) is 0.143. The smallest absolute Gasteiger partial charge is 0.239 e. The summed E-state index contributed by atoms with van der Waals surface area (Å²) in [7, 11) is -1.20. The molecular weight excluding hydrogens is 252 g/mol. The molecule has 0 saturated carbocycles. The van der Waals surface area contributed by atoms with Crippen LogP contribution in [0.3, 0.4) is 0 Å². The molecule has 2 aliphatic rings. The van der Waals surface area contributed by atoms with Crippen LogP contribution < -0.4 is 0 Å². The predicted molar refractivity (Wildman–Crippen MR) is 70.1 cm³/mol. The van der Waals surface area contributed by atoms with E-state index in [1.807, 2.05) is 7.05 Å². The van der Waals surface area contributed by atoms with Crippen molar-refractivity contribution in [3.8, 4) is 0 Å². The zero-order valence-electron chi connectivity index (χ0n) is 11.1. The fourth-order valence-corrected chi connectivity index (χ4v) is 3.96. The lowest BCUT2D eigenvalue weighted by molar-refractivity contribution is -0.131. The third kappa shape index (κ3) is 2.85. The maximum absolute atomic E-state index is 12.0. The van der Waals surface area contributed by atoms with Gasteiger partial charge in [0.25, 0.3) is 0 Å². The Balaban J connectivity index is 2.10. The highest BCUT2D eigenvalue weighted by Gasteiger charge is 2.37. The van der Waals surface area contributed by atoms with E-state index in [2.05, 4.69) is 4.90 Å². The fraction of sp³-hybridized carbons (Fsp3) is 0.917. The van der Waals surface area contributed by atoms with Crippen LogP contribution in [0, 0.1) is 0 Å². The number of carbonyl (C=O) groups excluding carboxylic acids is 1. The molecule has 0 bridgehead atoms. The van der Waals surface area contributed by atoms with Gasteiger partial charge in [-0.05, 0) is 25.8 Å². The van der Waals surface area contributed by atoms with Crippen molar-refractivity contribution in [1.29, 1.82) is 0 Å². The molecule has 0 aromatic carbocycles. The van der Waals surface area contributed by atoms with Crippen LogP contribution in [0.2, 0.25) is 0 Å². The number of likely N-dealkylation sites (tertiary alicyclic amines) is 2. The van der Waals surface area contributed by atoms with Gasteiger partial charge in [-0.1, -0.05) is 6.42 Å². The maximum atomic E-state index is 12.0. The van der Waals surface area contributed by atoms with Crippen LogP contribution in [0.4, 0.5) is 0 Å². The number of nitrogens with zero attached hydrogens (tertiary/aromatic N) is 2. The van der Waals surface area contributed by atoms with Gasteiger partial charge in [-0.15, -0.1) is 0 Å². The number of hydrogen-bond donors (Lipinski definition) is 0. The van der Waals surface area contributed by atoms with E-state index in [0.717, 1.165) is 38.8 Å². The van der Waals surface area contributed by atoms with Crippen LogP contribution in [-0.4, -0.2) is 68.4 Å². The predicted octanol–water partition coefficient (Wildman–Crippen LogP) is 0.116. The van der Waals surface area contributed by atoms with Crippen molar-refractivity contribution in [1.82, 2.24) is 9.80 Å². The van der Waals surface area contributed by atoms with Gasteiger partial charge in [0.2, 0.25) is 5.91 Å². The Bertz CT molecular complexity index is 421. The lowest BCUT2D eigenvalue weighted by atomic mass is 10.2. The normalized spacial score (nSPS) is 31.7. The largest absolute Gasteiger partial charge is 0.344 e. The molecule has 0 N–H and O–H groups in total. The number of hydrogen-bond acceptors (Lipinski definition) is 4. The average Bonchev–Trinajstić information content (AvgIpc) is 2.55. The van der Waals surface area contributed by atoms with Crippen LogP contribution in [0.25, 0.3) is 0 Å². The van der Waals surface area contributed by atoms with Gasteiger partial charge in [-0.25, -0.2) is 8.42 Å². The first-order chi connectivity index (χ1) is 8.39. The number of amides is 1. The highest BCUT2D eigenvalue weighted by atomic mass is 32.2. The molecule has 1 amide bonds. The third-order valence-corrected chi connectivity index (χ3v) is 5.70. The summed E-state index contributed by atoms with van der Waals surface area (Å²) < 4.78 is 23.4. The van der Waals surface area contributed by atoms with E-state index >= 15 is 0 Å². The van der Waals surface area contributed by atoms with Crippen molar-refractivity contribution in [2.75, 3.05) is 32.9 Å². The molecule has 2 saturated heterocycles. The number of carbonyl (C=O) groups is 1. The second-order valence-corrected chi connectivity index (χ2v) is 7.83. The van der Waals surface area contributed by atoms with Gasteiger partial charge in [0.1, 0.15) is 0 Å². The summed E-state index contributed by atoms with van der Waals surface area (Å²) in [6.45, 7) is 2.14. The van der Waals surface area contributed by atoms with Crippen molar-refractivity contribution in [3.05, 3.63) is 0 Å². The Hall–Kier alpha value is -0.620. The molecule has 2 rings (SSSR count). The maximum Gasteiger partial charge on any atom is 0.239 e. The van der Waals surface area contributed by atoms with E-state index in [0.29, 0.717) is 6.54 Å². The Morgan fingerprint density at radius 1 is 1.17 bits per heavy atom. The Labute approximate surface area is 109 Å². The van der Waals surface area contributed by atoms with Gasteiger partial charge in [0.05, 0.1) is 11.3 Å². The number of rotatable bonds is 2. The van der Waals surface area contributed by atoms with Gasteiger partial charge >= 0.3 is 0 Å². The van der Waals surface area contributed by atoms with Crippen LogP contribution in [0.5, 0.6) is 0 Å². The van der Waals surface area contributed by atoms with Gasteiger partial charge in [-0.3, -0.25) is 9.69 Å². The van der Waals surface area contributed by atoms with E-state index in [1.165, 1.54) is 6.26 Å². The molecule has 2 aliphatic heterocycles. The molecule has 2 atom stereocenters. The molecule has 0 aliphatic carbocycles. The monoisotopic (exact) mass is 274 g/mol. The summed E-state index contributed by atoms with van der Waals surface area (Å²) >= 11 is 0. The molecule has 0 radical (unpaired) electrons. The van der Waals surface area contributed by atoms with Crippen LogP contribution in [0.1, 0.15) is 25.7 Å². The number of likely N-dealkylation sites (N-methyl/N-ethyl adjacent to an activating group) is 1. The van der Waals surface area contributed by atoms with Crippen LogP contribution >= 0.6 is 0 Å². The zero-order chi connectivity index (χ0) is 13.3. The molecule has 2 unspecified atom stereocenters. The Morgan fingerprint density at radius 3 is 2.44 bits per heavy atom. The van der Waals surface area contributed by atoms with Crippen molar-refractivity contribution < 1.29 is 13.2 Å². The van der Waals surface area contributed by atoms with Gasteiger partial charge in [0.15, 0.2) is 9.84 Å². The molecule has 104 valence electrons. The Morgan fingerprint density at radius 2 is 1.89 bits per heavy atom. The van der Waals surface area contributed by atoms with E-state index in [1.54, 1.807) is 4.90 Å². The Kier molecular flexibility index (Phi) is 3.96. The van der Waals surface area contributed by atoms with Crippen LogP contribution in [-0.2, 0) is 14.6 Å². The summed E-state index contributed by atoms with van der Waals surface area (Å²) in [6.07, 6.45) is 4.78. The first kappa shape index (κ1) is 13.8. The van der Waals surface area contributed by atoms with E-state index in [-0.39, 0.29) is 17.2 Å². The second kappa shape index (κ2) is 5.17. The first-order valence-electron chi connectivity index (χ1n) is 6.57. The summed E-state index contributed by atoms with van der Waals surface area (Å²) in [6, 6.07) is -0.0997. The highest BCUT2D eigenvalue weighted by Crippen LogP contribution is 2.22. The minimum absolute atomic E-state index is 0.0997. The van der Waals surface area contributed by atoms with Crippen molar-refractivity contribution in [2.45, 2.75) is 37.0 Å². The molecule has 0 aromatic rings. The van der Waals surface area contributed by atoms with Gasteiger partial charge in [-0.2, -0.15) is 0 Å². The second-order valence-electron chi connectivity index (χ2n) is 5.51. The summed E-state index contributed by atoms with van der Waals surface area (Å²) in [5.41, 5.74) is 0. The molecule has 2 fully saturated rings. The molecule has 6 heteroatoms. The van der Waals surface area contributed by atoms with E-state index in [9.17, 15) is 13.2 Å². The van der Waals surface area contributed by atoms with E-state index < -0.39 is 9.84 Å². The lowest BCUT2D eigenvalue weighted by Gasteiger charge is -2.28. The van der Waals surface area contributed by atoms with Gasteiger partial charge < -0.3 is 4.90 Å². The fourth-order valence-electron chi connectivity index (χ4n) is 2.91.